The summed E-state index contributed by atoms with van der Waals surface area (Å²) in [6.07, 6.45) is 1.63. The zero-order valence-electron chi connectivity index (χ0n) is 12.3. The lowest BCUT2D eigenvalue weighted by Gasteiger charge is -2.23. The number of rotatable bonds is 2. The van der Waals surface area contributed by atoms with E-state index in [1.54, 1.807) is 11.8 Å². The van der Waals surface area contributed by atoms with Crippen LogP contribution < -0.4 is 4.90 Å². The van der Waals surface area contributed by atoms with Crippen molar-refractivity contribution in [2.75, 3.05) is 11.4 Å². The molecule has 1 aromatic rings. The van der Waals surface area contributed by atoms with Gasteiger partial charge < -0.3 is 10.0 Å². The van der Waals surface area contributed by atoms with Crippen LogP contribution in [0.15, 0.2) is 12.1 Å². The quantitative estimate of drug-likeness (QED) is 0.902. The number of carbonyl (C=O) groups is 2. The Labute approximate surface area is 119 Å². The normalized spacial score (nSPS) is 18.4. The summed E-state index contributed by atoms with van der Waals surface area (Å²) in [6.45, 7) is 6.21. The SMILES string of the molecule is CC(=O)N1CCC(CC(=O)O)Cc2cc(C)cc(C)c21. The van der Waals surface area contributed by atoms with Gasteiger partial charge in [-0.1, -0.05) is 17.7 Å². The van der Waals surface area contributed by atoms with Crippen molar-refractivity contribution < 1.29 is 14.7 Å². The van der Waals surface area contributed by atoms with Gasteiger partial charge in [0.15, 0.2) is 0 Å². The average Bonchev–Trinajstić information content (AvgIpc) is 2.47. The number of hydrogen-bond donors (Lipinski definition) is 1. The van der Waals surface area contributed by atoms with Gasteiger partial charge in [0.25, 0.3) is 0 Å². The first-order chi connectivity index (χ1) is 9.38. The van der Waals surface area contributed by atoms with Crippen LogP contribution >= 0.6 is 0 Å². The van der Waals surface area contributed by atoms with E-state index in [2.05, 4.69) is 12.1 Å². The average molecular weight is 275 g/mol. The minimum atomic E-state index is -0.766. The number of aliphatic carboxylic acids is 1. The van der Waals surface area contributed by atoms with E-state index in [1.165, 1.54) is 0 Å². The number of hydrogen-bond acceptors (Lipinski definition) is 2. The van der Waals surface area contributed by atoms with Gasteiger partial charge in [0.2, 0.25) is 5.91 Å². The van der Waals surface area contributed by atoms with Gasteiger partial charge in [-0.05, 0) is 43.7 Å². The summed E-state index contributed by atoms with van der Waals surface area (Å²) in [5.41, 5.74) is 4.32. The first kappa shape index (κ1) is 14.6. The maximum atomic E-state index is 11.9. The van der Waals surface area contributed by atoms with E-state index in [0.717, 1.165) is 35.2 Å². The molecule has 1 unspecified atom stereocenters. The van der Waals surface area contributed by atoms with Gasteiger partial charge in [-0.2, -0.15) is 0 Å². The molecule has 0 spiro atoms. The lowest BCUT2D eigenvalue weighted by atomic mass is 9.92. The van der Waals surface area contributed by atoms with Gasteiger partial charge in [-0.3, -0.25) is 9.59 Å². The fourth-order valence-electron chi connectivity index (χ4n) is 3.16. The third-order valence-electron chi connectivity index (χ3n) is 3.91. The highest BCUT2D eigenvalue weighted by Crippen LogP contribution is 2.34. The van der Waals surface area contributed by atoms with E-state index in [0.29, 0.717) is 6.54 Å². The predicted molar refractivity (Wildman–Crippen MR) is 78.0 cm³/mol. The minimum absolute atomic E-state index is 0.0224. The molecule has 0 saturated heterocycles. The maximum Gasteiger partial charge on any atom is 0.303 e. The van der Waals surface area contributed by atoms with Crippen molar-refractivity contribution in [2.24, 2.45) is 5.92 Å². The number of carboxylic acid groups (broad SMARTS) is 1. The molecule has 0 bridgehead atoms. The fraction of sp³-hybridized carbons (Fsp3) is 0.500. The van der Waals surface area contributed by atoms with E-state index in [-0.39, 0.29) is 18.2 Å². The Morgan fingerprint density at radius 1 is 1.35 bits per heavy atom. The van der Waals surface area contributed by atoms with Crippen molar-refractivity contribution in [3.05, 3.63) is 28.8 Å². The Morgan fingerprint density at radius 3 is 2.65 bits per heavy atom. The van der Waals surface area contributed by atoms with Crippen LogP contribution in [0, 0.1) is 19.8 Å². The summed E-state index contributed by atoms with van der Waals surface area (Å²) >= 11 is 0. The number of fused-ring (bicyclic) bond motifs is 1. The number of nitrogens with zero attached hydrogens (tertiary/aromatic N) is 1. The molecule has 0 fully saturated rings. The molecular weight excluding hydrogens is 254 g/mol. The molecule has 1 amide bonds. The number of aryl methyl sites for hydroxylation is 2. The molecule has 2 rings (SSSR count). The molecule has 1 heterocycles. The number of anilines is 1. The van der Waals surface area contributed by atoms with E-state index >= 15 is 0 Å². The minimum Gasteiger partial charge on any atom is -0.481 e. The molecule has 4 heteroatoms. The first-order valence-electron chi connectivity index (χ1n) is 6.98. The molecule has 1 aromatic carbocycles. The second-order valence-corrected chi connectivity index (χ2v) is 5.72. The Kier molecular flexibility index (Phi) is 4.12. The molecule has 0 aliphatic carbocycles. The van der Waals surface area contributed by atoms with Crippen LogP contribution in [0.1, 0.15) is 36.5 Å². The number of carboxylic acids is 1. The lowest BCUT2D eigenvalue weighted by Crippen LogP contribution is -2.30. The van der Waals surface area contributed by atoms with Crippen molar-refractivity contribution in [3.8, 4) is 0 Å². The zero-order valence-corrected chi connectivity index (χ0v) is 12.3. The molecule has 1 N–H and O–H groups in total. The van der Waals surface area contributed by atoms with Gasteiger partial charge in [0.05, 0.1) is 0 Å². The Morgan fingerprint density at radius 2 is 2.05 bits per heavy atom. The molecule has 108 valence electrons. The van der Waals surface area contributed by atoms with Crippen LogP contribution in [0.4, 0.5) is 5.69 Å². The molecule has 4 nitrogen and oxygen atoms in total. The summed E-state index contributed by atoms with van der Waals surface area (Å²) in [5, 5.41) is 9.01. The summed E-state index contributed by atoms with van der Waals surface area (Å²) < 4.78 is 0. The van der Waals surface area contributed by atoms with E-state index in [4.69, 9.17) is 5.11 Å². The van der Waals surface area contributed by atoms with Gasteiger partial charge in [0, 0.05) is 25.6 Å². The number of carbonyl (C=O) groups excluding carboxylic acids is 1. The monoisotopic (exact) mass is 275 g/mol. The summed E-state index contributed by atoms with van der Waals surface area (Å²) in [5.74, 6) is -0.650. The largest absolute Gasteiger partial charge is 0.481 e. The summed E-state index contributed by atoms with van der Waals surface area (Å²) in [6, 6.07) is 4.16. The summed E-state index contributed by atoms with van der Waals surface area (Å²) in [4.78, 5) is 24.6. The lowest BCUT2D eigenvalue weighted by molar-refractivity contribution is -0.138. The van der Waals surface area contributed by atoms with Gasteiger partial charge in [0.1, 0.15) is 0 Å². The van der Waals surface area contributed by atoms with Crippen LogP contribution in [-0.2, 0) is 16.0 Å². The topological polar surface area (TPSA) is 57.6 Å². The fourth-order valence-corrected chi connectivity index (χ4v) is 3.16. The third kappa shape index (κ3) is 3.00. The van der Waals surface area contributed by atoms with Crippen LogP contribution in [0.2, 0.25) is 0 Å². The van der Waals surface area contributed by atoms with E-state index in [9.17, 15) is 9.59 Å². The molecule has 20 heavy (non-hydrogen) atoms. The Balaban J connectivity index is 2.44. The zero-order chi connectivity index (χ0) is 14.9. The Bertz CT molecular complexity index is 551. The predicted octanol–water partition coefficient (Wildman–Crippen LogP) is 2.69. The smallest absolute Gasteiger partial charge is 0.303 e. The van der Waals surface area contributed by atoms with Crippen molar-refractivity contribution >= 4 is 17.6 Å². The van der Waals surface area contributed by atoms with Crippen molar-refractivity contribution in [1.29, 1.82) is 0 Å². The van der Waals surface area contributed by atoms with E-state index in [1.807, 2.05) is 13.8 Å². The van der Waals surface area contributed by atoms with Gasteiger partial charge in [-0.25, -0.2) is 0 Å². The van der Waals surface area contributed by atoms with Crippen molar-refractivity contribution in [2.45, 2.75) is 40.0 Å². The molecule has 1 aliphatic rings. The van der Waals surface area contributed by atoms with Gasteiger partial charge >= 0.3 is 5.97 Å². The second kappa shape index (κ2) is 5.65. The van der Waals surface area contributed by atoms with Crippen molar-refractivity contribution in [1.82, 2.24) is 0 Å². The standard InChI is InChI=1S/C16H21NO3/c1-10-6-11(2)16-14(7-10)8-13(9-15(19)20)4-5-17(16)12(3)18/h6-7,13H,4-5,8-9H2,1-3H3,(H,19,20). The molecular formula is C16H21NO3. The third-order valence-corrected chi connectivity index (χ3v) is 3.91. The Hall–Kier alpha value is -1.84. The van der Waals surface area contributed by atoms with Crippen LogP contribution in [-0.4, -0.2) is 23.5 Å². The molecule has 0 radical (unpaired) electrons. The van der Waals surface area contributed by atoms with Gasteiger partial charge in [-0.15, -0.1) is 0 Å². The number of benzene rings is 1. The van der Waals surface area contributed by atoms with E-state index < -0.39 is 5.97 Å². The highest BCUT2D eigenvalue weighted by atomic mass is 16.4. The van der Waals surface area contributed by atoms with Crippen LogP contribution in [0.25, 0.3) is 0 Å². The molecule has 1 atom stereocenters. The first-order valence-corrected chi connectivity index (χ1v) is 6.98. The van der Waals surface area contributed by atoms with Crippen LogP contribution in [0.5, 0.6) is 0 Å². The maximum absolute atomic E-state index is 11.9. The van der Waals surface area contributed by atoms with Crippen LogP contribution in [0.3, 0.4) is 0 Å². The second-order valence-electron chi connectivity index (χ2n) is 5.72. The molecule has 0 aromatic heterocycles. The number of amides is 1. The summed E-state index contributed by atoms with van der Waals surface area (Å²) in [7, 11) is 0. The van der Waals surface area contributed by atoms with Crippen molar-refractivity contribution in [3.63, 3.8) is 0 Å². The highest BCUT2D eigenvalue weighted by molar-refractivity contribution is 5.93. The molecule has 0 saturated carbocycles. The molecule has 1 aliphatic heterocycles. The highest BCUT2D eigenvalue weighted by Gasteiger charge is 2.26.